The highest BCUT2D eigenvalue weighted by Gasteiger charge is 2.18. The van der Waals surface area contributed by atoms with Crippen molar-refractivity contribution in [3.8, 4) is 0 Å². The van der Waals surface area contributed by atoms with Crippen molar-refractivity contribution in [2.75, 3.05) is 6.54 Å². The lowest BCUT2D eigenvalue weighted by Crippen LogP contribution is -2.38. The number of hydrogen-bond acceptors (Lipinski definition) is 3. The first kappa shape index (κ1) is 10.3. The van der Waals surface area contributed by atoms with Crippen molar-refractivity contribution >= 4 is 6.08 Å². The van der Waals surface area contributed by atoms with Crippen molar-refractivity contribution in [2.24, 2.45) is 10.7 Å². The van der Waals surface area contributed by atoms with Gasteiger partial charge in [-0.05, 0) is 19.3 Å². The predicted molar refractivity (Wildman–Crippen MR) is 45.1 cm³/mol. The van der Waals surface area contributed by atoms with Crippen molar-refractivity contribution in [3.05, 3.63) is 0 Å². The molecule has 0 aromatic rings. The SMILES string of the molecule is CCC(N)(CC)CCN=C=O. The van der Waals surface area contributed by atoms with Gasteiger partial charge in [-0.25, -0.2) is 9.79 Å². The molecular weight excluding hydrogens is 140 g/mol. The maximum atomic E-state index is 9.73. The Kier molecular flexibility index (Phi) is 4.75. The van der Waals surface area contributed by atoms with E-state index in [0.717, 1.165) is 19.3 Å². The molecule has 0 saturated heterocycles. The molecular formula is C8H16N2O. The smallest absolute Gasteiger partial charge is 0.234 e. The van der Waals surface area contributed by atoms with Crippen LogP contribution in [0.3, 0.4) is 0 Å². The quantitative estimate of drug-likeness (QED) is 0.480. The highest BCUT2D eigenvalue weighted by atomic mass is 16.1. The lowest BCUT2D eigenvalue weighted by molar-refractivity contribution is 0.373. The summed E-state index contributed by atoms with van der Waals surface area (Å²) < 4.78 is 0. The predicted octanol–water partition coefficient (Wildman–Crippen LogP) is 1.23. The van der Waals surface area contributed by atoms with Gasteiger partial charge in [0.1, 0.15) is 0 Å². The van der Waals surface area contributed by atoms with Crippen LogP contribution < -0.4 is 5.73 Å². The average molecular weight is 156 g/mol. The van der Waals surface area contributed by atoms with Crippen LogP contribution in [0.15, 0.2) is 4.99 Å². The molecule has 0 aromatic heterocycles. The number of isocyanates is 1. The van der Waals surface area contributed by atoms with Crippen molar-refractivity contribution < 1.29 is 4.79 Å². The van der Waals surface area contributed by atoms with Gasteiger partial charge in [0.2, 0.25) is 6.08 Å². The lowest BCUT2D eigenvalue weighted by atomic mass is 9.90. The van der Waals surface area contributed by atoms with Gasteiger partial charge in [0, 0.05) is 5.54 Å². The van der Waals surface area contributed by atoms with Crippen LogP contribution in [-0.2, 0) is 4.79 Å². The highest BCUT2D eigenvalue weighted by molar-refractivity contribution is 5.32. The number of hydrogen-bond donors (Lipinski definition) is 1. The highest BCUT2D eigenvalue weighted by Crippen LogP contribution is 2.15. The number of aliphatic imine (C=N–C) groups is 1. The number of nitrogens with two attached hydrogens (primary N) is 1. The van der Waals surface area contributed by atoms with E-state index < -0.39 is 0 Å². The van der Waals surface area contributed by atoms with Crippen molar-refractivity contribution in [1.29, 1.82) is 0 Å². The second-order valence-electron chi connectivity index (χ2n) is 2.79. The summed E-state index contributed by atoms with van der Waals surface area (Å²) in [5.74, 6) is 0. The van der Waals surface area contributed by atoms with E-state index in [1.165, 1.54) is 6.08 Å². The fourth-order valence-electron chi connectivity index (χ4n) is 0.928. The minimum atomic E-state index is -0.139. The van der Waals surface area contributed by atoms with Crippen LogP contribution in [0, 0.1) is 0 Å². The summed E-state index contributed by atoms with van der Waals surface area (Å²) in [5.41, 5.74) is 5.81. The molecule has 11 heavy (non-hydrogen) atoms. The Bertz CT molecular complexity index is 146. The summed E-state index contributed by atoms with van der Waals surface area (Å²) in [7, 11) is 0. The molecule has 0 aliphatic carbocycles. The third kappa shape index (κ3) is 3.91. The van der Waals surface area contributed by atoms with Crippen LogP contribution in [-0.4, -0.2) is 18.2 Å². The molecule has 3 nitrogen and oxygen atoms in total. The van der Waals surface area contributed by atoms with Gasteiger partial charge in [-0.15, -0.1) is 0 Å². The Labute approximate surface area is 67.7 Å². The van der Waals surface area contributed by atoms with E-state index in [1.54, 1.807) is 0 Å². The third-order valence-electron chi connectivity index (χ3n) is 2.19. The Morgan fingerprint density at radius 1 is 1.45 bits per heavy atom. The number of rotatable bonds is 5. The van der Waals surface area contributed by atoms with E-state index in [0.29, 0.717) is 6.54 Å². The van der Waals surface area contributed by atoms with E-state index in [1.807, 2.05) is 13.8 Å². The minimum absolute atomic E-state index is 0.139. The molecule has 0 unspecified atom stereocenters. The van der Waals surface area contributed by atoms with Crippen molar-refractivity contribution in [2.45, 2.75) is 38.6 Å². The van der Waals surface area contributed by atoms with Crippen LogP contribution in [0.1, 0.15) is 33.1 Å². The Morgan fingerprint density at radius 3 is 2.36 bits per heavy atom. The Morgan fingerprint density at radius 2 is 2.00 bits per heavy atom. The summed E-state index contributed by atoms with van der Waals surface area (Å²) in [6.07, 6.45) is 4.14. The molecule has 0 rings (SSSR count). The van der Waals surface area contributed by atoms with Gasteiger partial charge in [0.25, 0.3) is 0 Å². The fourth-order valence-corrected chi connectivity index (χ4v) is 0.928. The molecule has 0 fully saturated rings. The Hall–Kier alpha value is -0.660. The molecule has 2 N–H and O–H groups in total. The number of nitrogens with zero attached hydrogens (tertiary/aromatic N) is 1. The monoisotopic (exact) mass is 156 g/mol. The maximum Gasteiger partial charge on any atom is 0.234 e. The molecule has 0 aliphatic rings. The molecule has 0 saturated carbocycles. The Balaban J connectivity index is 3.77. The second-order valence-corrected chi connectivity index (χ2v) is 2.79. The van der Waals surface area contributed by atoms with Crippen LogP contribution in [0.4, 0.5) is 0 Å². The summed E-state index contributed by atoms with van der Waals surface area (Å²) in [6.45, 7) is 4.60. The minimum Gasteiger partial charge on any atom is -0.325 e. The van der Waals surface area contributed by atoms with E-state index in [4.69, 9.17) is 5.73 Å². The molecule has 0 aliphatic heterocycles. The third-order valence-corrected chi connectivity index (χ3v) is 2.19. The number of carbonyl (C=O) groups excluding carboxylic acids is 1. The molecule has 0 atom stereocenters. The molecule has 0 spiro atoms. The summed E-state index contributed by atoms with van der Waals surface area (Å²) in [5, 5.41) is 0. The summed E-state index contributed by atoms with van der Waals surface area (Å²) in [4.78, 5) is 13.2. The normalized spacial score (nSPS) is 10.8. The van der Waals surface area contributed by atoms with Gasteiger partial charge in [0.05, 0.1) is 6.54 Å². The van der Waals surface area contributed by atoms with Gasteiger partial charge in [-0.2, -0.15) is 0 Å². The van der Waals surface area contributed by atoms with Crippen LogP contribution >= 0.6 is 0 Å². The van der Waals surface area contributed by atoms with Gasteiger partial charge in [-0.1, -0.05) is 13.8 Å². The zero-order chi connectivity index (χ0) is 8.74. The lowest BCUT2D eigenvalue weighted by Gasteiger charge is -2.25. The molecule has 3 heteroatoms. The standard InChI is InChI=1S/C8H16N2O/c1-3-8(9,4-2)5-6-10-7-11/h3-6,9H2,1-2H3. The molecule has 0 aromatic carbocycles. The van der Waals surface area contributed by atoms with Gasteiger partial charge in [-0.3, -0.25) is 0 Å². The zero-order valence-electron chi connectivity index (χ0n) is 7.26. The first-order valence-electron chi connectivity index (χ1n) is 4.01. The largest absolute Gasteiger partial charge is 0.325 e. The van der Waals surface area contributed by atoms with Crippen LogP contribution in [0.5, 0.6) is 0 Å². The van der Waals surface area contributed by atoms with E-state index in [-0.39, 0.29) is 5.54 Å². The van der Waals surface area contributed by atoms with Gasteiger partial charge in [0.15, 0.2) is 0 Å². The summed E-state index contributed by atoms with van der Waals surface area (Å²) >= 11 is 0. The first-order valence-corrected chi connectivity index (χ1v) is 4.01. The maximum absolute atomic E-state index is 9.73. The topological polar surface area (TPSA) is 55.4 Å². The van der Waals surface area contributed by atoms with Crippen LogP contribution in [0.25, 0.3) is 0 Å². The molecule has 0 amide bonds. The first-order chi connectivity index (χ1) is 5.18. The summed E-state index contributed by atoms with van der Waals surface area (Å²) in [6, 6.07) is 0. The molecule has 0 radical (unpaired) electrons. The molecule has 0 bridgehead atoms. The van der Waals surface area contributed by atoms with Gasteiger partial charge < -0.3 is 5.73 Å². The molecule has 64 valence electrons. The van der Waals surface area contributed by atoms with E-state index in [9.17, 15) is 4.79 Å². The van der Waals surface area contributed by atoms with Gasteiger partial charge >= 0.3 is 0 Å². The van der Waals surface area contributed by atoms with E-state index in [2.05, 4.69) is 4.99 Å². The fraction of sp³-hybridized carbons (Fsp3) is 0.875. The average Bonchev–Trinajstić information content (AvgIpc) is 2.05. The molecule has 0 heterocycles. The zero-order valence-corrected chi connectivity index (χ0v) is 7.26. The van der Waals surface area contributed by atoms with E-state index >= 15 is 0 Å². The van der Waals surface area contributed by atoms with Crippen LogP contribution in [0.2, 0.25) is 0 Å². The van der Waals surface area contributed by atoms with Crippen molar-refractivity contribution in [1.82, 2.24) is 0 Å². The van der Waals surface area contributed by atoms with Crippen molar-refractivity contribution in [3.63, 3.8) is 0 Å². The second kappa shape index (κ2) is 5.05.